The number of carbonyl (C=O) groups excluding carboxylic acids is 1. The first-order chi connectivity index (χ1) is 9.08. The van der Waals surface area contributed by atoms with Gasteiger partial charge in [0.1, 0.15) is 5.15 Å². The van der Waals surface area contributed by atoms with Gasteiger partial charge in [0.05, 0.1) is 17.4 Å². The van der Waals surface area contributed by atoms with Gasteiger partial charge in [-0.1, -0.05) is 41.4 Å². The molecule has 0 fully saturated rings. The van der Waals surface area contributed by atoms with E-state index in [0.717, 1.165) is 5.56 Å². The van der Waals surface area contributed by atoms with E-state index in [-0.39, 0.29) is 16.7 Å². The molecule has 1 heterocycles. The first-order valence-electron chi connectivity index (χ1n) is 5.50. The molecule has 0 spiro atoms. The lowest BCUT2D eigenvalue weighted by atomic mass is 10.2. The number of pyridine rings is 1. The van der Waals surface area contributed by atoms with E-state index in [1.165, 1.54) is 12.3 Å². The number of halogens is 2. The van der Waals surface area contributed by atoms with Crippen LogP contribution in [-0.2, 0) is 6.54 Å². The number of anilines is 1. The van der Waals surface area contributed by atoms with Gasteiger partial charge in [-0.3, -0.25) is 4.79 Å². The normalized spacial score (nSPS) is 10.2. The third kappa shape index (κ3) is 3.36. The third-order valence-electron chi connectivity index (χ3n) is 2.54. The summed E-state index contributed by atoms with van der Waals surface area (Å²) in [6.07, 6.45) is 1.35. The number of nitrogen functional groups attached to an aromatic ring is 1. The second-order valence-electron chi connectivity index (χ2n) is 3.87. The SMILES string of the molecule is Nc1cnc(Cl)cc1C(=O)NCc1ccccc1Cl. The van der Waals surface area contributed by atoms with Crippen LogP contribution in [0.3, 0.4) is 0 Å². The molecule has 0 saturated carbocycles. The maximum atomic E-state index is 12.0. The Kier molecular flexibility index (Phi) is 4.24. The van der Waals surface area contributed by atoms with Crippen LogP contribution < -0.4 is 11.1 Å². The van der Waals surface area contributed by atoms with E-state index in [9.17, 15) is 4.79 Å². The minimum Gasteiger partial charge on any atom is -0.397 e. The number of carbonyl (C=O) groups is 1. The van der Waals surface area contributed by atoms with E-state index in [1.807, 2.05) is 18.2 Å². The first-order valence-corrected chi connectivity index (χ1v) is 6.26. The van der Waals surface area contributed by atoms with E-state index in [2.05, 4.69) is 10.3 Å². The smallest absolute Gasteiger partial charge is 0.253 e. The van der Waals surface area contributed by atoms with E-state index in [0.29, 0.717) is 17.1 Å². The van der Waals surface area contributed by atoms with Gasteiger partial charge in [0.2, 0.25) is 0 Å². The van der Waals surface area contributed by atoms with E-state index >= 15 is 0 Å². The van der Waals surface area contributed by atoms with E-state index in [4.69, 9.17) is 28.9 Å². The van der Waals surface area contributed by atoms with Crippen LogP contribution in [0.1, 0.15) is 15.9 Å². The highest BCUT2D eigenvalue weighted by Gasteiger charge is 2.11. The number of benzene rings is 1. The highest BCUT2D eigenvalue weighted by Crippen LogP contribution is 2.17. The number of aromatic nitrogens is 1. The molecule has 6 heteroatoms. The van der Waals surface area contributed by atoms with Crippen molar-refractivity contribution >= 4 is 34.8 Å². The highest BCUT2D eigenvalue weighted by molar-refractivity contribution is 6.31. The molecule has 0 aliphatic carbocycles. The Balaban J connectivity index is 2.10. The zero-order valence-corrected chi connectivity index (χ0v) is 11.4. The van der Waals surface area contributed by atoms with Crippen molar-refractivity contribution in [3.63, 3.8) is 0 Å². The van der Waals surface area contributed by atoms with Gasteiger partial charge >= 0.3 is 0 Å². The van der Waals surface area contributed by atoms with Crippen molar-refractivity contribution in [2.75, 3.05) is 5.73 Å². The maximum Gasteiger partial charge on any atom is 0.253 e. The van der Waals surface area contributed by atoms with Gasteiger partial charge in [0.25, 0.3) is 5.91 Å². The molecule has 2 rings (SSSR count). The van der Waals surface area contributed by atoms with Crippen molar-refractivity contribution in [2.24, 2.45) is 0 Å². The Hall–Kier alpha value is -1.78. The Morgan fingerprint density at radius 3 is 2.79 bits per heavy atom. The van der Waals surface area contributed by atoms with Gasteiger partial charge in [-0.2, -0.15) is 0 Å². The van der Waals surface area contributed by atoms with Crippen molar-refractivity contribution < 1.29 is 4.79 Å². The number of nitrogens with two attached hydrogens (primary N) is 1. The third-order valence-corrected chi connectivity index (χ3v) is 3.12. The fraction of sp³-hybridized carbons (Fsp3) is 0.0769. The molecule has 0 unspecified atom stereocenters. The molecule has 3 N–H and O–H groups in total. The summed E-state index contributed by atoms with van der Waals surface area (Å²) in [7, 11) is 0. The summed E-state index contributed by atoms with van der Waals surface area (Å²) in [4.78, 5) is 15.8. The molecule has 2 aromatic rings. The van der Waals surface area contributed by atoms with Gasteiger partial charge in [0.15, 0.2) is 0 Å². The average molecular weight is 296 g/mol. The summed E-state index contributed by atoms with van der Waals surface area (Å²) in [6.45, 7) is 0.317. The lowest BCUT2D eigenvalue weighted by Gasteiger charge is -2.08. The van der Waals surface area contributed by atoms with Crippen LogP contribution in [0.15, 0.2) is 36.5 Å². The summed E-state index contributed by atoms with van der Waals surface area (Å²) >= 11 is 11.7. The molecule has 0 radical (unpaired) electrons. The second kappa shape index (κ2) is 5.91. The number of hydrogen-bond acceptors (Lipinski definition) is 3. The van der Waals surface area contributed by atoms with Crippen molar-refractivity contribution in [1.29, 1.82) is 0 Å². The van der Waals surface area contributed by atoms with Crippen molar-refractivity contribution in [3.8, 4) is 0 Å². The lowest BCUT2D eigenvalue weighted by molar-refractivity contribution is 0.0951. The van der Waals surface area contributed by atoms with Gasteiger partial charge < -0.3 is 11.1 Å². The van der Waals surface area contributed by atoms with Gasteiger partial charge in [-0.05, 0) is 17.7 Å². The number of amides is 1. The van der Waals surface area contributed by atoms with Crippen LogP contribution in [0.2, 0.25) is 10.2 Å². The quantitative estimate of drug-likeness (QED) is 0.856. The fourth-order valence-corrected chi connectivity index (χ4v) is 1.91. The number of nitrogens with zero attached hydrogens (tertiary/aromatic N) is 1. The summed E-state index contributed by atoms with van der Waals surface area (Å²) in [6, 6.07) is 8.71. The van der Waals surface area contributed by atoms with Crippen molar-refractivity contribution in [1.82, 2.24) is 10.3 Å². The zero-order valence-electron chi connectivity index (χ0n) is 9.86. The molecule has 1 aromatic carbocycles. The molecule has 1 aromatic heterocycles. The Morgan fingerprint density at radius 1 is 1.32 bits per heavy atom. The summed E-state index contributed by atoms with van der Waals surface area (Å²) in [5.41, 5.74) is 7.09. The average Bonchev–Trinajstić information content (AvgIpc) is 2.40. The van der Waals surface area contributed by atoms with E-state index in [1.54, 1.807) is 6.07 Å². The predicted octanol–water partition coefficient (Wildman–Crippen LogP) is 2.90. The standard InChI is InChI=1S/C13H11Cl2N3O/c14-10-4-2-1-3-8(10)6-18-13(19)9-5-12(15)17-7-11(9)16/h1-5,7H,6,16H2,(H,18,19). The summed E-state index contributed by atoms with van der Waals surface area (Å²) in [5.74, 6) is -0.318. The van der Waals surface area contributed by atoms with Gasteiger partial charge in [-0.25, -0.2) is 4.98 Å². The molecule has 0 atom stereocenters. The van der Waals surface area contributed by atoms with Crippen molar-refractivity contribution in [2.45, 2.75) is 6.54 Å². The number of nitrogens with one attached hydrogen (secondary N) is 1. The van der Waals surface area contributed by atoms with Crippen LogP contribution in [0.5, 0.6) is 0 Å². The maximum absolute atomic E-state index is 12.0. The molecular formula is C13H11Cl2N3O. The number of hydrogen-bond donors (Lipinski definition) is 2. The molecule has 1 amide bonds. The molecule has 0 aliphatic heterocycles. The van der Waals surface area contributed by atoms with Crippen LogP contribution in [0.25, 0.3) is 0 Å². The summed E-state index contributed by atoms with van der Waals surface area (Å²) < 4.78 is 0. The predicted molar refractivity (Wildman–Crippen MR) is 76.3 cm³/mol. The second-order valence-corrected chi connectivity index (χ2v) is 4.66. The minimum absolute atomic E-state index is 0.220. The minimum atomic E-state index is -0.318. The first kappa shape index (κ1) is 13.6. The molecule has 19 heavy (non-hydrogen) atoms. The summed E-state index contributed by atoms with van der Waals surface area (Å²) in [5, 5.41) is 3.55. The van der Waals surface area contributed by atoms with Crippen LogP contribution >= 0.6 is 23.2 Å². The molecule has 0 bridgehead atoms. The van der Waals surface area contributed by atoms with Crippen LogP contribution in [0.4, 0.5) is 5.69 Å². The molecule has 0 aliphatic rings. The monoisotopic (exact) mass is 295 g/mol. The number of rotatable bonds is 3. The topological polar surface area (TPSA) is 68.0 Å². The zero-order chi connectivity index (χ0) is 13.8. The Bertz CT molecular complexity index is 617. The molecule has 98 valence electrons. The molecular weight excluding hydrogens is 285 g/mol. The van der Waals surface area contributed by atoms with Gasteiger partial charge in [0, 0.05) is 11.6 Å². The highest BCUT2D eigenvalue weighted by atomic mass is 35.5. The molecule has 4 nitrogen and oxygen atoms in total. The molecule has 0 saturated heterocycles. The van der Waals surface area contributed by atoms with Crippen LogP contribution in [-0.4, -0.2) is 10.9 Å². The fourth-order valence-electron chi connectivity index (χ4n) is 1.55. The Morgan fingerprint density at radius 2 is 2.05 bits per heavy atom. The largest absolute Gasteiger partial charge is 0.397 e. The van der Waals surface area contributed by atoms with Gasteiger partial charge in [-0.15, -0.1) is 0 Å². The Labute approximate surface area is 120 Å². The lowest BCUT2D eigenvalue weighted by Crippen LogP contribution is -2.24. The van der Waals surface area contributed by atoms with E-state index < -0.39 is 0 Å². The van der Waals surface area contributed by atoms with Crippen molar-refractivity contribution in [3.05, 3.63) is 57.8 Å². The van der Waals surface area contributed by atoms with Crippen LogP contribution in [0, 0.1) is 0 Å².